The molecule has 1 N–H and O–H groups in total. The maximum atomic E-state index is 12.6. The Labute approximate surface area is 142 Å². The minimum Gasteiger partial charge on any atom is -0.298 e. The van der Waals surface area contributed by atoms with Crippen LogP contribution in [0.2, 0.25) is 0 Å². The number of nitrogens with zero attached hydrogens (tertiary/aromatic N) is 2. The maximum absolute atomic E-state index is 12.6. The van der Waals surface area contributed by atoms with Crippen molar-refractivity contribution in [2.45, 2.75) is 0 Å². The number of carbonyl (C=O) groups is 1. The van der Waals surface area contributed by atoms with Crippen molar-refractivity contribution < 1.29 is 4.79 Å². The number of fused-ring (bicyclic) bond motifs is 1. The number of para-hydroxylation sites is 1. The minimum atomic E-state index is -0.201. The third-order valence-electron chi connectivity index (χ3n) is 3.67. The van der Waals surface area contributed by atoms with Crippen LogP contribution in [-0.2, 0) is 0 Å². The summed E-state index contributed by atoms with van der Waals surface area (Å²) >= 11 is 1.41. The molecular formula is C19H13N3OS. The summed E-state index contributed by atoms with van der Waals surface area (Å²) in [4.78, 5) is 21.4. The highest BCUT2D eigenvalue weighted by atomic mass is 32.1. The Bertz CT molecular complexity index is 1010. The number of aromatic nitrogens is 2. The zero-order valence-corrected chi connectivity index (χ0v) is 13.5. The molecule has 4 aromatic rings. The van der Waals surface area contributed by atoms with Crippen LogP contribution in [0, 0.1) is 0 Å². The van der Waals surface area contributed by atoms with Gasteiger partial charge in [0.05, 0.1) is 16.8 Å². The standard InChI is InChI=1S/C19H13N3OS/c23-18(15-10-4-8-14-9-5-11-20-17(14)15)22-19-21-16(12-24-19)13-6-2-1-3-7-13/h1-12H,(H,21,22,23). The Balaban J connectivity index is 1.61. The Morgan fingerprint density at radius 2 is 1.79 bits per heavy atom. The smallest absolute Gasteiger partial charge is 0.259 e. The average molecular weight is 331 g/mol. The van der Waals surface area contributed by atoms with Gasteiger partial charge in [0.25, 0.3) is 5.91 Å². The van der Waals surface area contributed by atoms with Gasteiger partial charge in [-0.05, 0) is 12.1 Å². The molecule has 0 spiro atoms. The molecule has 0 atom stereocenters. The summed E-state index contributed by atoms with van der Waals surface area (Å²) in [5.41, 5.74) is 3.12. The SMILES string of the molecule is O=C(Nc1nc(-c2ccccc2)cs1)c1cccc2cccnc12. The molecule has 2 aromatic carbocycles. The van der Waals surface area contributed by atoms with Gasteiger partial charge in [-0.15, -0.1) is 11.3 Å². The van der Waals surface area contributed by atoms with Crippen molar-refractivity contribution in [2.75, 3.05) is 5.32 Å². The Kier molecular flexibility index (Phi) is 3.76. The van der Waals surface area contributed by atoms with Crippen LogP contribution < -0.4 is 5.32 Å². The molecule has 0 bridgehead atoms. The first-order chi connectivity index (χ1) is 11.8. The highest BCUT2D eigenvalue weighted by molar-refractivity contribution is 7.14. The fraction of sp³-hybridized carbons (Fsp3) is 0. The van der Waals surface area contributed by atoms with E-state index < -0.39 is 0 Å². The number of hydrogen-bond donors (Lipinski definition) is 1. The lowest BCUT2D eigenvalue weighted by molar-refractivity contribution is 0.102. The van der Waals surface area contributed by atoms with Gasteiger partial charge in [-0.25, -0.2) is 4.98 Å². The molecule has 24 heavy (non-hydrogen) atoms. The molecule has 0 aliphatic carbocycles. The first kappa shape index (κ1) is 14.5. The zero-order valence-electron chi connectivity index (χ0n) is 12.6. The second-order valence-electron chi connectivity index (χ2n) is 5.24. The van der Waals surface area contributed by atoms with E-state index in [9.17, 15) is 4.79 Å². The van der Waals surface area contributed by atoms with E-state index in [2.05, 4.69) is 15.3 Å². The number of benzene rings is 2. The van der Waals surface area contributed by atoms with E-state index in [1.807, 2.05) is 60.0 Å². The van der Waals surface area contributed by atoms with Gasteiger partial charge in [0.15, 0.2) is 5.13 Å². The number of hydrogen-bond acceptors (Lipinski definition) is 4. The number of rotatable bonds is 3. The van der Waals surface area contributed by atoms with E-state index in [0.29, 0.717) is 16.2 Å². The molecule has 0 saturated heterocycles. The van der Waals surface area contributed by atoms with E-state index in [-0.39, 0.29) is 5.91 Å². The minimum absolute atomic E-state index is 0.201. The Hall–Kier alpha value is -3.05. The first-order valence-electron chi connectivity index (χ1n) is 7.47. The fourth-order valence-electron chi connectivity index (χ4n) is 2.52. The largest absolute Gasteiger partial charge is 0.298 e. The van der Waals surface area contributed by atoms with Crippen molar-refractivity contribution in [3.63, 3.8) is 0 Å². The first-order valence-corrected chi connectivity index (χ1v) is 8.35. The van der Waals surface area contributed by atoms with Crippen LogP contribution in [0.5, 0.6) is 0 Å². The lowest BCUT2D eigenvalue weighted by Crippen LogP contribution is -2.12. The van der Waals surface area contributed by atoms with Gasteiger partial charge in [0.1, 0.15) is 0 Å². The fourth-order valence-corrected chi connectivity index (χ4v) is 3.24. The van der Waals surface area contributed by atoms with Crippen LogP contribution in [0.1, 0.15) is 10.4 Å². The molecule has 4 nitrogen and oxygen atoms in total. The predicted molar refractivity (Wildman–Crippen MR) is 97.2 cm³/mol. The van der Waals surface area contributed by atoms with Crippen molar-refractivity contribution >= 4 is 33.3 Å². The molecule has 4 rings (SSSR count). The third-order valence-corrected chi connectivity index (χ3v) is 4.43. The van der Waals surface area contributed by atoms with Crippen LogP contribution >= 0.6 is 11.3 Å². The van der Waals surface area contributed by atoms with Crippen LogP contribution in [0.25, 0.3) is 22.2 Å². The number of carbonyl (C=O) groups excluding carboxylic acids is 1. The molecule has 0 saturated carbocycles. The van der Waals surface area contributed by atoms with Crippen molar-refractivity contribution in [2.24, 2.45) is 0 Å². The van der Waals surface area contributed by atoms with Crippen molar-refractivity contribution in [1.29, 1.82) is 0 Å². The molecule has 0 radical (unpaired) electrons. The highest BCUT2D eigenvalue weighted by Gasteiger charge is 2.13. The highest BCUT2D eigenvalue weighted by Crippen LogP contribution is 2.25. The summed E-state index contributed by atoms with van der Waals surface area (Å²) in [5.74, 6) is -0.201. The molecule has 0 fully saturated rings. The molecule has 0 aliphatic rings. The normalized spacial score (nSPS) is 10.7. The van der Waals surface area contributed by atoms with E-state index in [4.69, 9.17) is 0 Å². The number of thiazole rings is 1. The lowest BCUT2D eigenvalue weighted by atomic mass is 10.1. The molecule has 0 aliphatic heterocycles. The molecule has 2 aromatic heterocycles. The second-order valence-corrected chi connectivity index (χ2v) is 6.10. The summed E-state index contributed by atoms with van der Waals surface area (Å²) in [5, 5.41) is 6.32. The summed E-state index contributed by atoms with van der Waals surface area (Å²) in [6.45, 7) is 0. The summed E-state index contributed by atoms with van der Waals surface area (Å²) < 4.78 is 0. The topological polar surface area (TPSA) is 54.9 Å². The number of amides is 1. The number of nitrogens with one attached hydrogen (secondary N) is 1. The number of anilines is 1. The third kappa shape index (κ3) is 2.77. The van der Waals surface area contributed by atoms with Crippen LogP contribution in [0.4, 0.5) is 5.13 Å². The van der Waals surface area contributed by atoms with Crippen molar-refractivity contribution in [1.82, 2.24) is 9.97 Å². The van der Waals surface area contributed by atoms with Gasteiger partial charge in [-0.3, -0.25) is 15.1 Å². The van der Waals surface area contributed by atoms with E-state index in [1.165, 1.54) is 11.3 Å². The monoisotopic (exact) mass is 331 g/mol. The summed E-state index contributed by atoms with van der Waals surface area (Å²) in [7, 11) is 0. The molecular weight excluding hydrogens is 318 g/mol. The maximum Gasteiger partial charge on any atom is 0.259 e. The molecule has 0 unspecified atom stereocenters. The van der Waals surface area contributed by atoms with Gasteiger partial charge in [-0.1, -0.05) is 48.5 Å². The average Bonchev–Trinajstić information content (AvgIpc) is 3.10. The van der Waals surface area contributed by atoms with Crippen LogP contribution in [0.15, 0.2) is 72.2 Å². The van der Waals surface area contributed by atoms with Gasteiger partial charge in [-0.2, -0.15) is 0 Å². The molecule has 5 heteroatoms. The van der Waals surface area contributed by atoms with Gasteiger partial charge >= 0.3 is 0 Å². The van der Waals surface area contributed by atoms with Gasteiger partial charge in [0, 0.05) is 22.5 Å². The van der Waals surface area contributed by atoms with Crippen LogP contribution in [0.3, 0.4) is 0 Å². The van der Waals surface area contributed by atoms with E-state index in [1.54, 1.807) is 12.3 Å². The second kappa shape index (κ2) is 6.22. The van der Waals surface area contributed by atoms with Crippen molar-refractivity contribution in [3.05, 3.63) is 77.8 Å². The molecule has 116 valence electrons. The molecule has 1 amide bonds. The molecule has 2 heterocycles. The lowest BCUT2D eigenvalue weighted by Gasteiger charge is -2.05. The zero-order chi connectivity index (χ0) is 16.4. The Morgan fingerprint density at radius 1 is 0.958 bits per heavy atom. The van der Waals surface area contributed by atoms with E-state index >= 15 is 0 Å². The van der Waals surface area contributed by atoms with E-state index in [0.717, 1.165) is 16.6 Å². The predicted octanol–water partition coefficient (Wildman–Crippen LogP) is 4.61. The van der Waals surface area contributed by atoms with Gasteiger partial charge in [0.2, 0.25) is 0 Å². The number of pyridine rings is 1. The summed E-state index contributed by atoms with van der Waals surface area (Å²) in [6.07, 6.45) is 1.69. The van der Waals surface area contributed by atoms with Gasteiger partial charge < -0.3 is 0 Å². The van der Waals surface area contributed by atoms with Crippen LogP contribution in [-0.4, -0.2) is 15.9 Å². The quantitative estimate of drug-likeness (QED) is 0.596. The van der Waals surface area contributed by atoms with Crippen molar-refractivity contribution in [3.8, 4) is 11.3 Å². The summed E-state index contributed by atoms with van der Waals surface area (Å²) in [6, 6.07) is 19.3. The Morgan fingerprint density at radius 3 is 2.67 bits per heavy atom.